The Morgan fingerprint density at radius 2 is 2.25 bits per heavy atom. The van der Waals surface area contributed by atoms with Crippen LogP contribution in [0.3, 0.4) is 0 Å². The topological polar surface area (TPSA) is 54.0 Å². The molecular weight excluding hydrogens is 339 g/mol. The van der Waals surface area contributed by atoms with Crippen LogP contribution >= 0.6 is 11.3 Å². The van der Waals surface area contributed by atoms with Gasteiger partial charge in [-0.25, -0.2) is 4.98 Å². The quantitative estimate of drug-likeness (QED) is 0.883. The van der Waals surface area contributed by atoms with E-state index in [4.69, 9.17) is 0 Å². The zero-order chi connectivity index (χ0) is 17.2. The molecule has 1 atom stereocenters. The second-order valence-electron chi connectivity index (χ2n) is 5.64. The molecule has 4 nitrogen and oxygen atoms in total. The summed E-state index contributed by atoms with van der Waals surface area (Å²) in [5.74, 6) is -0.118. The first-order valence-corrected chi connectivity index (χ1v) is 8.38. The number of hydrogen-bond donors (Lipinski definition) is 2. The van der Waals surface area contributed by atoms with Crippen LogP contribution in [0.5, 0.6) is 0 Å². The SMILES string of the molecule is O=C(Nc1ncc(Cc2cccc(C(F)(F)F)c2)s1)C1CCCN1. The van der Waals surface area contributed by atoms with E-state index in [0.717, 1.165) is 36.4 Å². The minimum absolute atomic E-state index is 0.118. The largest absolute Gasteiger partial charge is 0.416 e. The van der Waals surface area contributed by atoms with E-state index >= 15 is 0 Å². The molecule has 0 spiro atoms. The third kappa shape index (κ3) is 4.12. The number of benzene rings is 1. The molecule has 0 aliphatic carbocycles. The van der Waals surface area contributed by atoms with Crippen molar-refractivity contribution in [3.05, 3.63) is 46.5 Å². The smallest absolute Gasteiger partial charge is 0.306 e. The molecule has 1 amide bonds. The van der Waals surface area contributed by atoms with Gasteiger partial charge in [0.05, 0.1) is 11.6 Å². The van der Waals surface area contributed by atoms with E-state index in [1.54, 1.807) is 12.3 Å². The van der Waals surface area contributed by atoms with Crippen LogP contribution in [-0.2, 0) is 17.4 Å². The molecule has 1 unspecified atom stereocenters. The maximum Gasteiger partial charge on any atom is 0.416 e. The standard InChI is InChI=1S/C16H16F3N3OS/c17-16(18,19)11-4-1-3-10(7-11)8-12-9-21-15(24-12)22-14(23)13-5-2-6-20-13/h1,3-4,7,9,13,20H,2,5-6,8H2,(H,21,22,23). The van der Waals surface area contributed by atoms with Gasteiger partial charge in [-0.05, 0) is 31.0 Å². The van der Waals surface area contributed by atoms with Crippen LogP contribution in [0.25, 0.3) is 0 Å². The molecule has 1 aromatic heterocycles. The highest BCUT2D eigenvalue weighted by Crippen LogP contribution is 2.30. The lowest BCUT2D eigenvalue weighted by atomic mass is 10.1. The van der Waals surface area contributed by atoms with Crippen molar-refractivity contribution < 1.29 is 18.0 Å². The highest BCUT2D eigenvalue weighted by molar-refractivity contribution is 7.15. The number of alkyl halides is 3. The predicted octanol–water partition coefficient (Wildman–Crippen LogP) is 3.44. The Kier molecular flexibility index (Phi) is 4.86. The van der Waals surface area contributed by atoms with Crippen LogP contribution in [0.2, 0.25) is 0 Å². The maximum absolute atomic E-state index is 12.7. The van der Waals surface area contributed by atoms with E-state index in [9.17, 15) is 18.0 Å². The number of halogens is 3. The van der Waals surface area contributed by atoms with E-state index in [1.165, 1.54) is 17.4 Å². The fourth-order valence-corrected chi connectivity index (χ4v) is 3.46. The van der Waals surface area contributed by atoms with Crippen molar-refractivity contribution in [2.75, 3.05) is 11.9 Å². The van der Waals surface area contributed by atoms with E-state index in [-0.39, 0.29) is 11.9 Å². The molecule has 24 heavy (non-hydrogen) atoms. The average molecular weight is 355 g/mol. The summed E-state index contributed by atoms with van der Waals surface area (Å²) in [6.07, 6.45) is -0.649. The molecule has 1 aliphatic heterocycles. The van der Waals surface area contributed by atoms with Gasteiger partial charge in [-0.3, -0.25) is 4.79 Å². The zero-order valence-corrected chi connectivity index (χ0v) is 13.5. The molecule has 3 rings (SSSR count). The molecule has 0 saturated carbocycles. The fourth-order valence-electron chi connectivity index (χ4n) is 2.61. The Bertz CT molecular complexity index is 723. The van der Waals surface area contributed by atoms with Crippen LogP contribution < -0.4 is 10.6 Å². The summed E-state index contributed by atoms with van der Waals surface area (Å²) in [4.78, 5) is 16.9. The number of aromatic nitrogens is 1. The van der Waals surface area contributed by atoms with Crippen LogP contribution in [0, 0.1) is 0 Å². The van der Waals surface area contributed by atoms with Crippen molar-refractivity contribution in [3.63, 3.8) is 0 Å². The third-order valence-electron chi connectivity index (χ3n) is 3.79. The van der Waals surface area contributed by atoms with Gasteiger partial charge in [-0.2, -0.15) is 13.2 Å². The Morgan fingerprint density at radius 1 is 1.42 bits per heavy atom. The van der Waals surface area contributed by atoms with Crippen LogP contribution in [0.1, 0.15) is 28.8 Å². The average Bonchev–Trinajstić information content (AvgIpc) is 3.18. The first-order valence-electron chi connectivity index (χ1n) is 7.57. The third-order valence-corrected chi connectivity index (χ3v) is 4.71. The summed E-state index contributed by atoms with van der Waals surface area (Å²) >= 11 is 1.28. The van der Waals surface area contributed by atoms with Gasteiger partial charge in [0.15, 0.2) is 5.13 Å². The van der Waals surface area contributed by atoms with Gasteiger partial charge in [-0.15, -0.1) is 11.3 Å². The molecular formula is C16H16F3N3OS. The minimum Gasteiger partial charge on any atom is -0.306 e. The van der Waals surface area contributed by atoms with Gasteiger partial charge in [-0.1, -0.05) is 18.2 Å². The van der Waals surface area contributed by atoms with Crippen molar-refractivity contribution in [2.24, 2.45) is 0 Å². The first kappa shape index (κ1) is 16.9. The number of amides is 1. The number of hydrogen-bond acceptors (Lipinski definition) is 4. The van der Waals surface area contributed by atoms with Crippen molar-refractivity contribution >= 4 is 22.4 Å². The molecule has 1 aliphatic rings. The molecule has 1 aromatic carbocycles. The Labute approximate surface area is 141 Å². The lowest BCUT2D eigenvalue weighted by Crippen LogP contribution is -2.35. The maximum atomic E-state index is 12.7. The van der Waals surface area contributed by atoms with Gasteiger partial charge in [0.1, 0.15) is 0 Å². The Balaban J connectivity index is 1.65. The van der Waals surface area contributed by atoms with E-state index in [2.05, 4.69) is 15.6 Å². The summed E-state index contributed by atoms with van der Waals surface area (Å²) in [7, 11) is 0. The van der Waals surface area contributed by atoms with Gasteiger partial charge in [0, 0.05) is 17.5 Å². The number of anilines is 1. The number of nitrogens with zero attached hydrogens (tertiary/aromatic N) is 1. The number of carbonyl (C=O) groups is 1. The summed E-state index contributed by atoms with van der Waals surface area (Å²) in [5, 5.41) is 6.32. The van der Waals surface area contributed by atoms with Gasteiger partial charge < -0.3 is 10.6 Å². The van der Waals surface area contributed by atoms with E-state index < -0.39 is 11.7 Å². The summed E-state index contributed by atoms with van der Waals surface area (Å²) in [5.41, 5.74) is -0.103. The minimum atomic E-state index is -4.35. The number of thiazole rings is 1. The molecule has 0 radical (unpaired) electrons. The summed E-state index contributed by atoms with van der Waals surface area (Å²) in [6, 6.07) is 5.04. The summed E-state index contributed by atoms with van der Waals surface area (Å²) < 4.78 is 38.2. The number of nitrogens with one attached hydrogen (secondary N) is 2. The van der Waals surface area contributed by atoms with Gasteiger partial charge in [0.2, 0.25) is 5.91 Å². The lowest BCUT2D eigenvalue weighted by molar-refractivity contribution is -0.137. The van der Waals surface area contributed by atoms with E-state index in [0.29, 0.717) is 17.1 Å². The van der Waals surface area contributed by atoms with Crippen molar-refractivity contribution in [2.45, 2.75) is 31.5 Å². The summed E-state index contributed by atoms with van der Waals surface area (Å²) in [6.45, 7) is 0.830. The Hall–Kier alpha value is -1.93. The van der Waals surface area contributed by atoms with Crippen molar-refractivity contribution in [1.82, 2.24) is 10.3 Å². The van der Waals surface area contributed by atoms with Crippen LogP contribution in [-0.4, -0.2) is 23.5 Å². The van der Waals surface area contributed by atoms with Gasteiger partial charge in [0.25, 0.3) is 0 Å². The zero-order valence-electron chi connectivity index (χ0n) is 12.7. The monoisotopic (exact) mass is 355 g/mol. The second-order valence-corrected chi connectivity index (χ2v) is 6.76. The molecule has 128 valence electrons. The molecule has 2 N–H and O–H groups in total. The molecule has 1 fully saturated rings. The normalized spacial score (nSPS) is 17.9. The molecule has 1 saturated heterocycles. The van der Waals surface area contributed by atoms with Crippen LogP contribution in [0.4, 0.5) is 18.3 Å². The fraction of sp³-hybridized carbons (Fsp3) is 0.375. The molecule has 0 bridgehead atoms. The van der Waals surface area contributed by atoms with Gasteiger partial charge >= 0.3 is 6.18 Å². The highest BCUT2D eigenvalue weighted by atomic mass is 32.1. The van der Waals surface area contributed by atoms with E-state index in [1.807, 2.05) is 0 Å². The van der Waals surface area contributed by atoms with Crippen LogP contribution in [0.15, 0.2) is 30.5 Å². The number of carbonyl (C=O) groups excluding carboxylic acids is 1. The molecule has 2 heterocycles. The number of rotatable bonds is 4. The lowest BCUT2D eigenvalue weighted by Gasteiger charge is -2.08. The first-order chi connectivity index (χ1) is 11.4. The van der Waals surface area contributed by atoms with Crippen molar-refractivity contribution in [1.29, 1.82) is 0 Å². The predicted molar refractivity (Wildman–Crippen MR) is 86.0 cm³/mol. The van der Waals surface area contributed by atoms with Crippen molar-refractivity contribution in [3.8, 4) is 0 Å². The second kappa shape index (κ2) is 6.90. The molecule has 2 aromatic rings. The Morgan fingerprint density at radius 3 is 2.96 bits per heavy atom. The molecule has 8 heteroatoms. The highest BCUT2D eigenvalue weighted by Gasteiger charge is 2.30.